The van der Waals surface area contributed by atoms with E-state index in [1.54, 1.807) is 4.90 Å². The molecule has 5 heteroatoms. The van der Waals surface area contributed by atoms with Gasteiger partial charge in [-0.3, -0.25) is 4.79 Å². The molecule has 11 heavy (non-hydrogen) atoms. The fraction of sp³-hybridized carbons (Fsp3) is 0.833. The van der Waals surface area contributed by atoms with Crippen LogP contribution in [0.15, 0.2) is 0 Å². The molecule has 0 aromatic heterocycles. The van der Waals surface area contributed by atoms with Gasteiger partial charge in [0.25, 0.3) is 0 Å². The number of carbonyl (C=O) groups is 1. The van der Waals surface area contributed by atoms with E-state index in [0.29, 0.717) is 19.0 Å². The smallest absolute Gasteiger partial charge is 0.222 e. The number of hydrogen-bond acceptors (Lipinski definition) is 2. The zero-order valence-electron chi connectivity index (χ0n) is 6.45. The number of hydrogen-bond donors (Lipinski definition) is 1. The average molecular weight is 201 g/mol. The Balaban J connectivity index is 0. The molecule has 1 rings (SSSR count). The van der Waals surface area contributed by atoms with Gasteiger partial charge in [-0.05, 0) is 6.42 Å². The van der Waals surface area contributed by atoms with Gasteiger partial charge in [0.2, 0.25) is 5.91 Å². The third-order valence-corrected chi connectivity index (χ3v) is 1.90. The Kier molecular flexibility index (Phi) is 6.96. The Morgan fingerprint density at radius 1 is 1.64 bits per heavy atom. The molecule has 0 saturated carbocycles. The lowest BCUT2D eigenvalue weighted by molar-refractivity contribution is -0.127. The minimum Gasteiger partial charge on any atom is -0.341 e. The summed E-state index contributed by atoms with van der Waals surface area (Å²) in [5.41, 5.74) is 5.39. The van der Waals surface area contributed by atoms with Crippen molar-refractivity contribution in [3.8, 4) is 0 Å². The van der Waals surface area contributed by atoms with Crippen molar-refractivity contribution < 1.29 is 4.79 Å². The van der Waals surface area contributed by atoms with Gasteiger partial charge < -0.3 is 10.6 Å². The number of likely N-dealkylation sites (tertiary alicyclic amines) is 1. The SMILES string of the molecule is CN1C(=O)CCC1CN.Cl.Cl. The molecule has 1 atom stereocenters. The van der Waals surface area contributed by atoms with E-state index in [4.69, 9.17) is 5.73 Å². The predicted octanol–water partition coefficient (Wildman–Crippen LogP) is 0.409. The van der Waals surface area contributed by atoms with Gasteiger partial charge in [-0.25, -0.2) is 0 Å². The van der Waals surface area contributed by atoms with Crippen molar-refractivity contribution in [3.05, 3.63) is 0 Å². The van der Waals surface area contributed by atoms with Gasteiger partial charge in [0.1, 0.15) is 0 Å². The van der Waals surface area contributed by atoms with Gasteiger partial charge in [0.05, 0.1) is 0 Å². The van der Waals surface area contributed by atoms with Crippen LogP contribution in [0.3, 0.4) is 0 Å². The number of nitrogens with zero attached hydrogens (tertiary/aromatic N) is 1. The summed E-state index contributed by atoms with van der Waals surface area (Å²) in [6.45, 7) is 0.599. The summed E-state index contributed by atoms with van der Waals surface area (Å²) in [4.78, 5) is 12.5. The maximum Gasteiger partial charge on any atom is 0.222 e. The number of rotatable bonds is 1. The van der Waals surface area contributed by atoms with Crippen LogP contribution in [0.1, 0.15) is 12.8 Å². The average Bonchev–Trinajstić information content (AvgIpc) is 2.15. The molecule has 1 amide bonds. The number of nitrogens with two attached hydrogens (primary N) is 1. The minimum absolute atomic E-state index is 0. The third kappa shape index (κ3) is 2.85. The van der Waals surface area contributed by atoms with E-state index in [1.807, 2.05) is 7.05 Å². The standard InChI is InChI=1S/C6H12N2O.2ClH/c1-8-5(4-7)2-3-6(8)9;;/h5H,2-4,7H2,1H3;2*1H. The first-order chi connectivity index (χ1) is 4.25. The lowest BCUT2D eigenvalue weighted by atomic mass is 10.2. The van der Waals surface area contributed by atoms with Crippen LogP contribution >= 0.6 is 24.8 Å². The number of amides is 1. The van der Waals surface area contributed by atoms with Crippen molar-refractivity contribution in [2.75, 3.05) is 13.6 Å². The highest BCUT2D eigenvalue weighted by Gasteiger charge is 2.25. The van der Waals surface area contributed by atoms with E-state index >= 15 is 0 Å². The highest BCUT2D eigenvalue weighted by atomic mass is 35.5. The number of carbonyl (C=O) groups excluding carboxylic acids is 1. The predicted molar refractivity (Wildman–Crippen MR) is 49.3 cm³/mol. The van der Waals surface area contributed by atoms with Gasteiger partial charge >= 0.3 is 0 Å². The van der Waals surface area contributed by atoms with Crippen LogP contribution in [0, 0.1) is 0 Å². The van der Waals surface area contributed by atoms with Crippen molar-refractivity contribution in [1.29, 1.82) is 0 Å². The van der Waals surface area contributed by atoms with Crippen LogP contribution in [0.25, 0.3) is 0 Å². The van der Waals surface area contributed by atoms with E-state index in [-0.39, 0.29) is 30.7 Å². The molecule has 0 aromatic carbocycles. The molecule has 1 saturated heterocycles. The Labute approximate surface area is 79.1 Å². The Morgan fingerprint density at radius 3 is 2.36 bits per heavy atom. The summed E-state index contributed by atoms with van der Waals surface area (Å²) in [7, 11) is 1.81. The van der Waals surface area contributed by atoms with Gasteiger partial charge in [-0.2, -0.15) is 0 Å². The monoisotopic (exact) mass is 200 g/mol. The molecule has 0 bridgehead atoms. The second-order valence-corrected chi connectivity index (χ2v) is 2.43. The maximum absolute atomic E-state index is 10.8. The lowest BCUT2D eigenvalue weighted by Gasteiger charge is -2.16. The highest BCUT2D eigenvalue weighted by molar-refractivity contribution is 5.85. The normalized spacial score (nSPS) is 22.5. The molecule has 3 nitrogen and oxygen atoms in total. The summed E-state index contributed by atoms with van der Waals surface area (Å²) < 4.78 is 0. The van der Waals surface area contributed by atoms with Crippen LogP contribution in [-0.2, 0) is 4.79 Å². The topological polar surface area (TPSA) is 46.3 Å². The van der Waals surface area contributed by atoms with E-state index in [1.165, 1.54) is 0 Å². The number of halogens is 2. The molecular weight excluding hydrogens is 187 g/mol. The van der Waals surface area contributed by atoms with Gasteiger partial charge in [-0.15, -0.1) is 24.8 Å². The molecule has 1 heterocycles. The molecule has 1 aliphatic heterocycles. The first kappa shape index (κ1) is 13.6. The Bertz CT molecular complexity index is 132. The molecule has 0 aromatic rings. The van der Waals surface area contributed by atoms with Crippen LogP contribution in [0.5, 0.6) is 0 Å². The van der Waals surface area contributed by atoms with Gasteiger partial charge in [-0.1, -0.05) is 0 Å². The molecule has 2 N–H and O–H groups in total. The van der Waals surface area contributed by atoms with E-state index in [2.05, 4.69) is 0 Å². The van der Waals surface area contributed by atoms with E-state index in [9.17, 15) is 4.79 Å². The first-order valence-electron chi connectivity index (χ1n) is 3.21. The zero-order chi connectivity index (χ0) is 6.85. The van der Waals surface area contributed by atoms with Crippen molar-refractivity contribution in [2.24, 2.45) is 5.73 Å². The molecule has 0 radical (unpaired) electrons. The summed E-state index contributed by atoms with van der Waals surface area (Å²) in [5, 5.41) is 0. The fourth-order valence-corrected chi connectivity index (χ4v) is 1.14. The minimum atomic E-state index is 0. The van der Waals surface area contributed by atoms with Crippen molar-refractivity contribution in [1.82, 2.24) is 4.90 Å². The molecule has 68 valence electrons. The largest absolute Gasteiger partial charge is 0.341 e. The maximum atomic E-state index is 10.8. The molecule has 1 unspecified atom stereocenters. The van der Waals surface area contributed by atoms with E-state index < -0.39 is 0 Å². The zero-order valence-corrected chi connectivity index (χ0v) is 8.08. The van der Waals surface area contributed by atoms with Crippen molar-refractivity contribution in [2.45, 2.75) is 18.9 Å². The summed E-state index contributed by atoms with van der Waals surface area (Å²) in [5.74, 6) is 0.227. The molecule has 1 aliphatic rings. The van der Waals surface area contributed by atoms with Crippen molar-refractivity contribution in [3.63, 3.8) is 0 Å². The number of likely N-dealkylation sites (N-methyl/N-ethyl adjacent to an activating group) is 1. The van der Waals surface area contributed by atoms with Crippen LogP contribution in [0.2, 0.25) is 0 Å². The summed E-state index contributed by atoms with van der Waals surface area (Å²) >= 11 is 0. The molecule has 0 aliphatic carbocycles. The molecule has 1 fully saturated rings. The second-order valence-electron chi connectivity index (χ2n) is 2.43. The Hall–Kier alpha value is 0.01000. The lowest BCUT2D eigenvalue weighted by Crippen LogP contribution is -2.34. The van der Waals surface area contributed by atoms with Crippen LogP contribution in [0.4, 0.5) is 0 Å². The summed E-state index contributed by atoms with van der Waals surface area (Å²) in [6.07, 6.45) is 1.62. The van der Waals surface area contributed by atoms with Crippen LogP contribution < -0.4 is 5.73 Å². The van der Waals surface area contributed by atoms with E-state index in [0.717, 1.165) is 6.42 Å². The highest BCUT2D eigenvalue weighted by Crippen LogP contribution is 2.14. The third-order valence-electron chi connectivity index (χ3n) is 1.90. The second kappa shape index (κ2) is 5.63. The first-order valence-corrected chi connectivity index (χ1v) is 3.21. The van der Waals surface area contributed by atoms with Crippen LogP contribution in [-0.4, -0.2) is 30.4 Å². The van der Waals surface area contributed by atoms with Gasteiger partial charge in [0.15, 0.2) is 0 Å². The fourth-order valence-electron chi connectivity index (χ4n) is 1.14. The molecule has 0 spiro atoms. The quantitative estimate of drug-likeness (QED) is 0.667. The summed E-state index contributed by atoms with van der Waals surface area (Å²) in [6, 6.07) is 0.303. The Morgan fingerprint density at radius 2 is 2.18 bits per heavy atom. The van der Waals surface area contributed by atoms with Crippen molar-refractivity contribution >= 4 is 30.7 Å². The molecular formula is C6H14Cl2N2O. The van der Waals surface area contributed by atoms with Gasteiger partial charge in [0, 0.05) is 26.1 Å².